The minimum absolute atomic E-state index is 0.333. The molecule has 1 saturated carbocycles. The molecule has 6 heteroatoms. The van der Waals surface area contributed by atoms with Gasteiger partial charge in [-0.15, -0.1) is 10.2 Å². The number of anilines is 1. The van der Waals surface area contributed by atoms with Crippen molar-refractivity contribution in [1.29, 1.82) is 0 Å². The minimum Gasteiger partial charge on any atom is -0.423 e. The summed E-state index contributed by atoms with van der Waals surface area (Å²) in [7, 11) is 0. The highest BCUT2D eigenvalue weighted by Gasteiger charge is 2.49. The van der Waals surface area contributed by atoms with Crippen LogP contribution in [0.2, 0.25) is 0 Å². The highest BCUT2D eigenvalue weighted by molar-refractivity contribution is 5.97. The average Bonchev–Trinajstić information content (AvgIpc) is 3.03. The van der Waals surface area contributed by atoms with Crippen LogP contribution in [0.1, 0.15) is 18.4 Å². The average molecular weight is 329 g/mol. The molecule has 122 valence electrons. The smallest absolute Gasteiger partial charge is 0.247 e. The molecule has 3 aromatic heterocycles. The molecule has 6 nitrogen and oxygen atoms in total. The van der Waals surface area contributed by atoms with Crippen LogP contribution in [0.5, 0.6) is 0 Å². The summed E-state index contributed by atoms with van der Waals surface area (Å²) in [6, 6.07) is 8.42. The molecule has 0 radical (unpaired) electrons. The number of aromatic amines is 1. The Morgan fingerprint density at radius 3 is 2.92 bits per heavy atom. The van der Waals surface area contributed by atoms with Gasteiger partial charge in [0.25, 0.3) is 0 Å². The van der Waals surface area contributed by atoms with Crippen molar-refractivity contribution in [3.63, 3.8) is 0 Å². The van der Waals surface area contributed by atoms with E-state index in [4.69, 9.17) is 4.42 Å². The number of nitrogens with one attached hydrogen (secondary N) is 2. The first-order chi connectivity index (χ1) is 12.3. The van der Waals surface area contributed by atoms with E-state index in [0.29, 0.717) is 11.3 Å². The van der Waals surface area contributed by atoms with Crippen LogP contribution >= 0.6 is 0 Å². The number of pyridine rings is 1. The van der Waals surface area contributed by atoms with E-state index < -0.39 is 0 Å². The molecule has 2 aliphatic rings. The molecule has 1 aliphatic heterocycles. The first-order valence-electron chi connectivity index (χ1n) is 8.45. The zero-order chi connectivity index (χ0) is 16.4. The number of rotatable bonds is 2. The summed E-state index contributed by atoms with van der Waals surface area (Å²) in [5, 5.41) is 12.4. The third kappa shape index (κ3) is 1.82. The van der Waals surface area contributed by atoms with E-state index in [2.05, 4.69) is 37.6 Å². The Morgan fingerprint density at radius 2 is 2.08 bits per heavy atom. The number of benzene rings is 1. The molecule has 0 amide bonds. The summed E-state index contributed by atoms with van der Waals surface area (Å²) in [4.78, 5) is 8.02. The summed E-state index contributed by atoms with van der Waals surface area (Å²) in [6.07, 6.45) is 7.87. The standard InChI is InChI=1S/C19H15N5O/c1-2-16-13(5-11(1)18-24-23-10-25-18)14(8-20-16)12-6-15-17(21-7-12)22-9-19(15)3-4-19/h1-2,5-8,10,20H,3-4,9H2,(H,21,22). The highest BCUT2D eigenvalue weighted by atomic mass is 16.4. The van der Waals surface area contributed by atoms with Gasteiger partial charge in [0.05, 0.1) is 0 Å². The molecule has 4 aromatic rings. The summed E-state index contributed by atoms with van der Waals surface area (Å²) < 4.78 is 5.33. The van der Waals surface area contributed by atoms with Gasteiger partial charge in [0.2, 0.25) is 12.3 Å². The van der Waals surface area contributed by atoms with E-state index >= 15 is 0 Å². The number of aromatic nitrogens is 4. The van der Waals surface area contributed by atoms with Gasteiger partial charge in [-0.2, -0.15) is 0 Å². The number of hydrogen-bond acceptors (Lipinski definition) is 5. The third-order valence-electron chi connectivity index (χ3n) is 5.51. The van der Waals surface area contributed by atoms with E-state index in [1.54, 1.807) is 0 Å². The topological polar surface area (TPSA) is 79.6 Å². The quantitative estimate of drug-likeness (QED) is 0.586. The monoisotopic (exact) mass is 329 g/mol. The largest absolute Gasteiger partial charge is 0.423 e. The maximum atomic E-state index is 5.33. The Labute approximate surface area is 143 Å². The van der Waals surface area contributed by atoms with Crippen molar-refractivity contribution in [2.75, 3.05) is 11.9 Å². The van der Waals surface area contributed by atoms with Crippen LogP contribution in [0.25, 0.3) is 33.5 Å². The van der Waals surface area contributed by atoms with E-state index in [1.807, 2.05) is 24.5 Å². The lowest BCUT2D eigenvalue weighted by Gasteiger charge is -2.07. The lowest BCUT2D eigenvalue weighted by Crippen LogP contribution is -2.08. The molecule has 25 heavy (non-hydrogen) atoms. The predicted molar refractivity (Wildman–Crippen MR) is 94.2 cm³/mol. The van der Waals surface area contributed by atoms with E-state index in [-0.39, 0.29) is 0 Å². The van der Waals surface area contributed by atoms with Gasteiger partial charge in [-0.3, -0.25) is 0 Å². The summed E-state index contributed by atoms with van der Waals surface area (Å²) in [5.74, 6) is 1.58. The fraction of sp³-hybridized carbons (Fsp3) is 0.211. The molecule has 2 N–H and O–H groups in total. The van der Waals surface area contributed by atoms with Crippen LogP contribution in [-0.4, -0.2) is 26.7 Å². The molecular weight excluding hydrogens is 314 g/mol. The molecular formula is C19H15N5O. The van der Waals surface area contributed by atoms with Crippen LogP contribution in [-0.2, 0) is 5.41 Å². The summed E-state index contributed by atoms with van der Waals surface area (Å²) in [6.45, 7) is 1.02. The molecule has 1 spiro atoms. The summed E-state index contributed by atoms with van der Waals surface area (Å²) >= 11 is 0. The lowest BCUT2D eigenvalue weighted by molar-refractivity contribution is 0.569. The first kappa shape index (κ1) is 13.2. The van der Waals surface area contributed by atoms with Crippen molar-refractivity contribution in [1.82, 2.24) is 20.2 Å². The predicted octanol–water partition coefficient (Wildman–Crippen LogP) is 3.74. The molecule has 0 unspecified atom stereocenters. The molecule has 4 heterocycles. The molecule has 1 aliphatic carbocycles. The van der Waals surface area contributed by atoms with Crippen molar-refractivity contribution in [3.05, 3.63) is 48.6 Å². The highest BCUT2D eigenvalue weighted by Crippen LogP contribution is 2.54. The molecule has 0 saturated heterocycles. The van der Waals surface area contributed by atoms with Gasteiger partial charge in [-0.1, -0.05) is 0 Å². The molecule has 6 rings (SSSR count). The maximum absolute atomic E-state index is 5.33. The second-order valence-corrected chi connectivity index (χ2v) is 6.96. The van der Waals surface area contributed by atoms with Crippen molar-refractivity contribution in [2.24, 2.45) is 0 Å². The van der Waals surface area contributed by atoms with Gasteiger partial charge in [0.1, 0.15) is 5.82 Å². The van der Waals surface area contributed by atoms with Gasteiger partial charge < -0.3 is 14.7 Å². The van der Waals surface area contributed by atoms with Crippen LogP contribution in [0.4, 0.5) is 5.82 Å². The second-order valence-electron chi connectivity index (χ2n) is 6.96. The van der Waals surface area contributed by atoms with Gasteiger partial charge in [-0.25, -0.2) is 4.98 Å². The fourth-order valence-electron chi connectivity index (χ4n) is 3.89. The number of hydrogen-bond donors (Lipinski definition) is 2. The number of nitrogens with zero attached hydrogens (tertiary/aromatic N) is 3. The van der Waals surface area contributed by atoms with Crippen molar-refractivity contribution < 1.29 is 4.42 Å². The Balaban J connectivity index is 1.52. The Hall–Kier alpha value is -3.15. The van der Waals surface area contributed by atoms with Crippen molar-refractivity contribution in [2.45, 2.75) is 18.3 Å². The van der Waals surface area contributed by atoms with E-state index in [1.165, 1.54) is 24.8 Å². The third-order valence-corrected chi connectivity index (χ3v) is 5.51. The lowest BCUT2D eigenvalue weighted by atomic mass is 9.96. The Morgan fingerprint density at radius 1 is 1.12 bits per heavy atom. The number of fused-ring (bicyclic) bond motifs is 3. The molecule has 1 aromatic carbocycles. The summed E-state index contributed by atoms with van der Waals surface area (Å²) in [5.41, 5.74) is 5.99. The first-order valence-corrected chi connectivity index (χ1v) is 8.45. The van der Waals surface area contributed by atoms with Crippen LogP contribution in [0.3, 0.4) is 0 Å². The minimum atomic E-state index is 0.333. The van der Waals surface area contributed by atoms with Crippen molar-refractivity contribution >= 4 is 16.7 Å². The number of H-pyrrole nitrogens is 1. The fourth-order valence-corrected chi connectivity index (χ4v) is 3.89. The Kier molecular flexibility index (Phi) is 2.36. The van der Waals surface area contributed by atoms with Crippen LogP contribution < -0.4 is 5.32 Å². The zero-order valence-electron chi connectivity index (χ0n) is 13.4. The Bertz CT molecular complexity index is 1110. The van der Waals surface area contributed by atoms with Gasteiger partial charge in [0.15, 0.2) is 0 Å². The zero-order valence-corrected chi connectivity index (χ0v) is 13.4. The van der Waals surface area contributed by atoms with Gasteiger partial charge in [-0.05, 0) is 37.1 Å². The van der Waals surface area contributed by atoms with Crippen molar-refractivity contribution in [3.8, 4) is 22.6 Å². The maximum Gasteiger partial charge on any atom is 0.247 e. The molecule has 0 atom stereocenters. The van der Waals surface area contributed by atoms with Gasteiger partial charge in [0, 0.05) is 57.5 Å². The molecule has 1 fully saturated rings. The SMILES string of the molecule is c1nnc(-c2ccc3[nH]cc(-c4cnc5c(c4)C4(CC4)CN5)c3c2)o1. The van der Waals surface area contributed by atoms with Crippen LogP contribution in [0, 0.1) is 0 Å². The van der Waals surface area contributed by atoms with E-state index in [9.17, 15) is 0 Å². The van der Waals surface area contributed by atoms with E-state index in [0.717, 1.165) is 40.0 Å². The van der Waals surface area contributed by atoms with Crippen LogP contribution in [0.15, 0.2) is 47.5 Å². The normalized spacial score (nSPS) is 17.0. The second kappa shape index (κ2) is 4.47. The van der Waals surface area contributed by atoms with Gasteiger partial charge >= 0.3 is 0 Å². The molecule has 0 bridgehead atoms.